The Morgan fingerprint density at radius 1 is 1.32 bits per heavy atom. The van der Waals surface area contributed by atoms with Gasteiger partial charge in [0.05, 0.1) is 6.54 Å². The first-order valence-electron chi connectivity index (χ1n) is 7.64. The maximum absolute atomic E-state index is 12.3. The number of aliphatic imine (C=N–C) groups is 1. The average molecular weight is 372 g/mol. The zero-order valence-corrected chi connectivity index (χ0v) is 14.5. The van der Waals surface area contributed by atoms with Crippen LogP contribution in [0.5, 0.6) is 5.88 Å². The van der Waals surface area contributed by atoms with Crippen molar-refractivity contribution in [3.63, 3.8) is 0 Å². The predicted octanol–water partition coefficient (Wildman–Crippen LogP) is 3.34. The zero-order valence-electron chi connectivity index (χ0n) is 13.6. The van der Waals surface area contributed by atoms with Crippen LogP contribution in [0.3, 0.4) is 0 Å². The third-order valence-corrected chi connectivity index (χ3v) is 3.74. The molecule has 0 fully saturated rings. The minimum atomic E-state index is -4.40. The van der Waals surface area contributed by atoms with Crippen molar-refractivity contribution in [1.29, 1.82) is 0 Å². The summed E-state index contributed by atoms with van der Waals surface area (Å²) in [6.45, 7) is 1.99. The highest BCUT2D eigenvalue weighted by molar-refractivity contribution is 7.07. The lowest BCUT2D eigenvalue weighted by molar-refractivity contribution is -0.154. The molecule has 0 radical (unpaired) electrons. The molecule has 2 aromatic heterocycles. The summed E-state index contributed by atoms with van der Waals surface area (Å²) in [5, 5.41) is 10.2. The van der Waals surface area contributed by atoms with Crippen molar-refractivity contribution in [3.8, 4) is 5.88 Å². The molecule has 25 heavy (non-hydrogen) atoms. The minimum absolute atomic E-state index is 0.0407. The second kappa shape index (κ2) is 9.26. The summed E-state index contributed by atoms with van der Waals surface area (Å²) >= 11 is 1.60. The largest absolute Gasteiger partial charge is 0.468 e. The Hall–Kier alpha value is -2.29. The van der Waals surface area contributed by atoms with Gasteiger partial charge in [-0.1, -0.05) is 6.07 Å². The summed E-state index contributed by atoms with van der Waals surface area (Å²) in [5.41, 5.74) is 1.62. The number of hydrogen-bond donors (Lipinski definition) is 2. The molecule has 0 aliphatic rings. The van der Waals surface area contributed by atoms with Crippen molar-refractivity contribution in [3.05, 3.63) is 46.3 Å². The van der Waals surface area contributed by atoms with Crippen molar-refractivity contribution in [1.82, 2.24) is 15.6 Å². The zero-order chi connectivity index (χ0) is 18.1. The van der Waals surface area contributed by atoms with Gasteiger partial charge in [0, 0.05) is 24.8 Å². The van der Waals surface area contributed by atoms with Crippen LogP contribution in [0.15, 0.2) is 40.1 Å². The van der Waals surface area contributed by atoms with Gasteiger partial charge in [-0.2, -0.15) is 24.5 Å². The predicted molar refractivity (Wildman–Crippen MR) is 91.8 cm³/mol. The van der Waals surface area contributed by atoms with Crippen LogP contribution in [0.4, 0.5) is 13.2 Å². The maximum Gasteiger partial charge on any atom is 0.422 e. The first-order chi connectivity index (χ1) is 12.0. The Labute approximate surface area is 148 Å². The van der Waals surface area contributed by atoms with Crippen LogP contribution in [0.25, 0.3) is 0 Å². The molecule has 0 spiro atoms. The van der Waals surface area contributed by atoms with E-state index in [-0.39, 0.29) is 12.4 Å². The van der Waals surface area contributed by atoms with Gasteiger partial charge in [0.2, 0.25) is 5.88 Å². The Morgan fingerprint density at radius 3 is 2.84 bits per heavy atom. The summed E-state index contributed by atoms with van der Waals surface area (Å²) in [7, 11) is 0. The smallest absolute Gasteiger partial charge is 0.422 e. The van der Waals surface area contributed by atoms with Gasteiger partial charge in [0.1, 0.15) is 0 Å². The summed E-state index contributed by atoms with van der Waals surface area (Å²) in [6.07, 6.45) is -3.01. The molecule has 136 valence electrons. The lowest BCUT2D eigenvalue weighted by Gasteiger charge is -2.14. The number of ether oxygens (including phenoxy) is 1. The molecule has 0 aliphatic carbocycles. The number of thiophene rings is 1. The number of pyridine rings is 1. The number of aromatic nitrogens is 1. The van der Waals surface area contributed by atoms with E-state index < -0.39 is 12.8 Å². The Bertz CT molecular complexity index is 674. The Balaban J connectivity index is 1.98. The molecule has 0 saturated carbocycles. The first kappa shape index (κ1) is 19.0. The standard InChI is InChI=1S/C16H19F3N4OS/c1-2-20-15(22-8-12-5-7-25-10-12)23-9-13-4-3-6-21-14(13)24-11-16(17,18)19/h3-7,10H,2,8-9,11H2,1H3,(H2,20,22,23). The van der Waals surface area contributed by atoms with Gasteiger partial charge in [-0.15, -0.1) is 0 Å². The summed E-state index contributed by atoms with van der Waals surface area (Å²) in [5.74, 6) is 0.528. The molecular weight excluding hydrogens is 353 g/mol. The fourth-order valence-corrected chi connectivity index (χ4v) is 2.57. The van der Waals surface area contributed by atoms with E-state index in [1.165, 1.54) is 6.20 Å². The lowest BCUT2D eigenvalue weighted by Crippen LogP contribution is -2.37. The third-order valence-electron chi connectivity index (χ3n) is 3.01. The quantitative estimate of drug-likeness (QED) is 0.578. The molecule has 0 aliphatic heterocycles. The number of halogens is 3. The minimum Gasteiger partial charge on any atom is -0.468 e. The van der Waals surface area contributed by atoms with Crippen molar-refractivity contribution in [2.24, 2.45) is 4.99 Å². The highest BCUT2D eigenvalue weighted by atomic mass is 32.1. The van der Waals surface area contributed by atoms with E-state index >= 15 is 0 Å². The molecule has 9 heteroatoms. The van der Waals surface area contributed by atoms with E-state index in [1.807, 2.05) is 23.8 Å². The van der Waals surface area contributed by atoms with Gasteiger partial charge in [-0.05, 0) is 35.4 Å². The Kier molecular flexibility index (Phi) is 7.05. The maximum atomic E-state index is 12.3. The van der Waals surface area contributed by atoms with Gasteiger partial charge in [0.25, 0.3) is 0 Å². The number of nitrogens with zero attached hydrogens (tertiary/aromatic N) is 2. The molecule has 2 N–H and O–H groups in total. The third kappa shape index (κ3) is 7.00. The van der Waals surface area contributed by atoms with Crippen molar-refractivity contribution in [2.75, 3.05) is 13.2 Å². The van der Waals surface area contributed by atoms with Crippen molar-refractivity contribution in [2.45, 2.75) is 26.2 Å². The normalized spacial score (nSPS) is 12.1. The van der Waals surface area contributed by atoms with Crippen LogP contribution in [0.2, 0.25) is 0 Å². The molecule has 0 bridgehead atoms. The molecule has 2 heterocycles. The molecule has 0 saturated heterocycles. The molecule has 0 unspecified atom stereocenters. The number of rotatable bonds is 7. The van der Waals surface area contributed by atoms with Gasteiger partial charge in [-0.3, -0.25) is 0 Å². The van der Waals surface area contributed by atoms with Crippen molar-refractivity contribution >= 4 is 17.3 Å². The fourth-order valence-electron chi connectivity index (χ4n) is 1.91. The first-order valence-corrected chi connectivity index (χ1v) is 8.59. The second-order valence-electron chi connectivity index (χ2n) is 5.05. The van der Waals surface area contributed by atoms with Crippen LogP contribution >= 0.6 is 11.3 Å². The van der Waals surface area contributed by atoms with E-state index in [0.717, 1.165) is 5.56 Å². The van der Waals surface area contributed by atoms with Crippen LogP contribution in [0, 0.1) is 0 Å². The highest BCUT2D eigenvalue weighted by Crippen LogP contribution is 2.19. The summed E-state index contributed by atoms with van der Waals surface area (Å²) < 4.78 is 41.8. The molecule has 0 aromatic carbocycles. The number of guanidine groups is 1. The topological polar surface area (TPSA) is 58.5 Å². The van der Waals surface area contributed by atoms with E-state index in [2.05, 4.69) is 20.6 Å². The van der Waals surface area contributed by atoms with Gasteiger partial charge in [-0.25, -0.2) is 9.98 Å². The van der Waals surface area contributed by atoms with E-state index in [9.17, 15) is 13.2 Å². The van der Waals surface area contributed by atoms with E-state index in [0.29, 0.717) is 24.6 Å². The SMILES string of the molecule is CCNC(=NCc1ccsc1)NCc1cccnc1OCC(F)(F)F. The van der Waals surface area contributed by atoms with Crippen LogP contribution in [-0.2, 0) is 13.1 Å². The number of alkyl halides is 3. The lowest BCUT2D eigenvalue weighted by atomic mass is 10.2. The van der Waals surface area contributed by atoms with Crippen molar-refractivity contribution < 1.29 is 17.9 Å². The molecular formula is C16H19F3N4OS. The van der Waals surface area contributed by atoms with Crippen LogP contribution in [-0.4, -0.2) is 30.3 Å². The van der Waals surface area contributed by atoms with Gasteiger partial charge in [0.15, 0.2) is 12.6 Å². The molecule has 2 aromatic rings. The Morgan fingerprint density at radius 2 is 2.16 bits per heavy atom. The fraction of sp³-hybridized carbons (Fsp3) is 0.375. The van der Waals surface area contributed by atoms with Crippen LogP contribution < -0.4 is 15.4 Å². The average Bonchev–Trinajstić information content (AvgIpc) is 3.09. The van der Waals surface area contributed by atoms with Gasteiger partial charge < -0.3 is 15.4 Å². The van der Waals surface area contributed by atoms with Gasteiger partial charge >= 0.3 is 6.18 Å². The molecule has 2 rings (SSSR count). The number of nitrogens with one attached hydrogen (secondary N) is 2. The van der Waals surface area contributed by atoms with Crippen LogP contribution in [0.1, 0.15) is 18.1 Å². The summed E-state index contributed by atoms with van der Waals surface area (Å²) in [4.78, 5) is 8.32. The highest BCUT2D eigenvalue weighted by Gasteiger charge is 2.29. The molecule has 5 nitrogen and oxygen atoms in total. The second-order valence-corrected chi connectivity index (χ2v) is 5.83. The van der Waals surface area contributed by atoms with E-state index in [1.54, 1.807) is 23.5 Å². The monoisotopic (exact) mass is 372 g/mol. The number of hydrogen-bond acceptors (Lipinski definition) is 4. The molecule has 0 amide bonds. The van der Waals surface area contributed by atoms with E-state index in [4.69, 9.17) is 4.74 Å². The molecule has 0 atom stereocenters. The summed E-state index contributed by atoms with van der Waals surface area (Å²) in [6, 6.07) is 5.29.